The molecule has 2 aliphatic rings. The first-order chi connectivity index (χ1) is 17.6. The largest absolute Gasteiger partial charge is 0.457 e. The summed E-state index contributed by atoms with van der Waals surface area (Å²) in [6, 6.07) is 10.8. The maximum atomic E-state index is 13.7. The highest BCUT2D eigenvalue weighted by Gasteiger charge is 2.52. The maximum absolute atomic E-state index is 13.7. The highest BCUT2D eigenvalue weighted by atomic mass is 32.2. The van der Waals surface area contributed by atoms with Gasteiger partial charge < -0.3 is 14.2 Å². The molecule has 2 aromatic rings. The molecule has 13 heteroatoms. The van der Waals surface area contributed by atoms with Crippen molar-refractivity contribution in [1.29, 1.82) is 0 Å². The number of halogens is 3. The monoisotopic (exact) mass is 561 g/mol. The molecule has 1 atom stereocenters. The van der Waals surface area contributed by atoms with Crippen LogP contribution in [-0.2, 0) is 28.9 Å². The van der Waals surface area contributed by atoms with E-state index in [1.807, 2.05) is 0 Å². The summed E-state index contributed by atoms with van der Waals surface area (Å²) in [5.41, 5.74) is -2.08. The zero-order valence-electron chi connectivity index (χ0n) is 19.7. The highest BCUT2D eigenvalue weighted by molar-refractivity contribution is 8.00. The third kappa shape index (κ3) is 6.77. The predicted octanol–water partition coefficient (Wildman–Crippen LogP) is 4.99. The number of ether oxygens (including phenoxy) is 3. The summed E-state index contributed by atoms with van der Waals surface area (Å²) in [5, 5.41) is 0. The van der Waals surface area contributed by atoms with E-state index >= 15 is 0 Å². The Morgan fingerprint density at radius 2 is 1.59 bits per heavy atom. The fourth-order valence-corrected chi connectivity index (χ4v) is 6.57. The van der Waals surface area contributed by atoms with E-state index in [0.29, 0.717) is 13.0 Å². The number of sulfone groups is 1. The van der Waals surface area contributed by atoms with Gasteiger partial charge >= 0.3 is 5.51 Å². The Morgan fingerprint density at radius 1 is 0.973 bits per heavy atom. The van der Waals surface area contributed by atoms with Gasteiger partial charge in [-0.15, -0.1) is 0 Å². The Labute approximate surface area is 216 Å². The van der Waals surface area contributed by atoms with Crippen molar-refractivity contribution in [2.45, 2.75) is 58.4 Å². The van der Waals surface area contributed by atoms with Gasteiger partial charge in [-0.2, -0.15) is 13.2 Å². The van der Waals surface area contributed by atoms with E-state index in [-0.39, 0.29) is 59.1 Å². The molecule has 2 fully saturated rings. The van der Waals surface area contributed by atoms with Gasteiger partial charge in [0.25, 0.3) is 5.91 Å². The third-order valence-electron chi connectivity index (χ3n) is 6.08. The van der Waals surface area contributed by atoms with Crippen molar-refractivity contribution in [2.75, 3.05) is 19.8 Å². The van der Waals surface area contributed by atoms with E-state index in [9.17, 15) is 26.4 Å². The van der Waals surface area contributed by atoms with Gasteiger partial charge in [0.05, 0.1) is 4.90 Å². The van der Waals surface area contributed by atoms with Crippen LogP contribution in [0.2, 0.25) is 0 Å². The average molecular weight is 562 g/mol. The van der Waals surface area contributed by atoms with E-state index in [4.69, 9.17) is 19.0 Å². The average Bonchev–Trinajstić information content (AvgIpc) is 2.89. The number of alkyl halides is 3. The molecular formula is C24H26F3NO7S2. The summed E-state index contributed by atoms with van der Waals surface area (Å²) in [6.07, 6.45) is 1.64. The van der Waals surface area contributed by atoms with Gasteiger partial charge in [-0.3, -0.25) is 4.79 Å². The number of hydroxylamine groups is 1. The lowest BCUT2D eigenvalue weighted by Crippen LogP contribution is -2.56. The summed E-state index contributed by atoms with van der Waals surface area (Å²) < 4.78 is 79.5. The minimum atomic E-state index is -4.39. The van der Waals surface area contributed by atoms with Crippen LogP contribution in [0.3, 0.4) is 0 Å². The standard InChI is InChI=1S/C24H26F3NO7S2/c25-24(26,27)36-19-8-4-17(5-9-19)34-18-6-10-20(11-7-18)37(30,31)23(12-15-32-16-13-23)22(29)28-35-21-3-1-2-14-33-21/h4-11,21H,1-3,12-16H2,(H,28,29). The van der Waals surface area contributed by atoms with Crippen LogP contribution in [0, 0.1) is 0 Å². The summed E-state index contributed by atoms with van der Waals surface area (Å²) >= 11 is -0.233. The lowest BCUT2D eigenvalue weighted by molar-refractivity contribution is -0.202. The summed E-state index contributed by atoms with van der Waals surface area (Å²) in [4.78, 5) is 18.5. The molecule has 0 saturated carbocycles. The molecule has 0 aliphatic carbocycles. The molecule has 0 spiro atoms. The maximum Gasteiger partial charge on any atom is 0.446 e. The van der Waals surface area contributed by atoms with Gasteiger partial charge in [0.1, 0.15) is 11.5 Å². The Kier molecular flexibility index (Phi) is 8.69. The van der Waals surface area contributed by atoms with Gasteiger partial charge in [0.2, 0.25) is 0 Å². The molecule has 2 aromatic carbocycles. The van der Waals surface area contributed by atoms with Gasteiger partial charge in [-0.25, -0.2) is 18.7 Å². The molecule has 4 rings (SSSR count). The summed E-state index contributed by atoms with van der Waals surface area (Å²) in [7, 11) is -4.17. The fraction of sp³-hybridized carbons (Fsp3) is 0.458. The Morgan fingerprint density at radius 3 is 2.16 bits per heavy atom. The molecule has 2 heterocycles. The predicted molar refractivity (Wildman–Crippen MR) is 128 cm³/mol. The molecule has 2 saturated heterocycles. The zero-order chi connectivity index (χ0) is 26.5. The Balaban J connectivity index is 1.47. The molecule has 37 heavy (non-hydrogen) atoms. The van der Waals surface area contributed by atoms with Crippen LogP contribution in [0.15, 0.2) is 58.3 Å². The van der Waals surface area contributed by atoms with Crippen molar-refractivity contribution in [1.82, 2.24) is 5.48 Å². The summed E-state index contributed by atoms with van der Waals surface area (Å²) in [6.45, 7) is 0.690. The highest BCUT2D eigenvalue weighted by Crippen LogP contribution is 2.38. The minimum absolute atomic E-state index is 0.0142. The first kappa shape index (κ1) is 27.7. The van der Waals surface area contributed by atoms with Crippen LogP contribution >= 0.6 is 11.8 Å². The molecule has 202 valence electrons. The molecule has 1 unspecified atom stereocenters. The van der Waals surface area contributed by atoms with Crippen LogP contribution in [0.25, 0.3) is 0 Å². The van der Waals surface area contributed by atoms with Gasteiger partial charge in [0.15, 0.2) is 20.9 Å². The number of benzene rings is 2. The Hall–Kier alpha value is -2.32. The van der Waals surface area contributed by atoms with E-state index < -0.39 is 32.3 Å². The van der Waals surface area contributed by atoms with Crippen molar-refractivity contribution in [3.63, 3.8) is 0 Å². The van der Waals surface area contributed by atoms with Gasteiger partial charge in [-0.05, 0) is 86.0 Å². The third-order valence-corrected chi connectivity index (χ3v) is 9.33. The molecule has 1 amide bonds. The normalized spacial score (nSPS) is 20.2. The van der Waals surface area contributed by atoms with Crippen LogP contribution in [-0.4, -0.2) is 50.7 Å². The topological polar surface area (TPSA) is 100 Å². The second-order valence-corrected chi connectivity index (χ2v) is 11.9. The van der Waals surface area contributed by atoms with Gasteiger partial charge in [0, 0.05) is 31.1 Å². The first-order valence-corrected chi connectivity index (χ1v) is 13.9. The Bertz CT molecular complexity index is 1160. The lowest BCUT2D eigenvalue weighted by Gasteiger charge is -2.35. The van der Waals surface area contributed by atoms with E-state index in [1.165, 1.54) is 48.5 Å². The van der Waals surface area contributed by atoms with E-state index in [2.05, 4.69) is 5.48 Å². The van der Waals surface area contributed by atoms with Crippen LogP contribution in [0.5, 0.6) is 11.5 Å². The number of rotatable bonds is 8. The second-order valence-electron chi connectivity index (χ2n) is 8.55. The van der Waals surface area contributed by atoms with E-state index in [1.54, 1.807) is 0 Å². The van der Waals surface area contributed by atoms with Crippen LogP contribution in [0.1, 0.15) is 32.1 Å². The second kappa shape index (κ2) is 11.6. The lowest BCUT2D eigenvalue weighted by atomic mass is 9.98. The molecule has 8 nitrogen and oxygen atoms in total. The molecule has 0 aromatic heterocycles. The van der Waals surface area contributed by atoms with E-state index in [0.717, 1.165) is 12.8 Å². The molecule has 1 N–H and O–H groups in total. The van der Waals surface area contributed by atoms with Crippen molar-refractivity contribution >= 4 is 27.5 Å². The summed E-state index contributed by atoms with van der Waals surface area (Å²) in [5.74, 6) is -0.218. The number of thioether (sulfide) groups is 1. The van der Waals surface area contributed by atoms with Crippen LogP contribution < -0.4 is 10.2 Å². The molecule has 0 bridgehead atoms. The molecule has 0 radical (unpaired) electrons. The van der Waals surface area contributed by atoms with Crippen molar-refractivity contribution in [3.05, 3.63) is 48.5 Å². The minimum Gasteiger partial charge on any atom is -0.457 e. The number of nitrogens with one attached hydrogen (secondary N) is 1. The van der Waals surface area contributed by atoms with Gasteiger partial charge in [-0.1, -0.05) is 0 Å². The quantitative estimate of drug-likeness (QED) is 0.356. The SMILES string of the molecule is O=C(NOC1CCCCO1)C1(S(=O)(=O)c2ccc(Oc3ccc(SC(F)(F)F)cc3)cc2)CCOCC1. The van der Waals surface area contributed by atoms with Crippen molar-refractivity contribution in [2.24, 2.45) is 0 Å². The smallest absolute Gasteiger partial charge is 0.446 e. The molecule has 2 aliphatic heterocycles. The first-order valence-electron chi connectivity index (χ1n) is 11.6. The fourth-order valence-electron chi connectivity index (χ4n) is 4.09. The molecular weight excluding hydrogens is 535 g/mol. The number of hydrogen-bond donors (Lipinski definition) is 1. The van der Waals surface area contributed by atoms with Crippen LogP contribution in [0.4, 0.5) is 13.2 Å². The number of hydrogen-bond acceptors (Lipinski definition) is 8. The zero-order valence-corrected chi connectivity index (χ0v) is 21.3. The van der Waals surface area contributed by atoms with Crippen molar-refractivity contribution in [3.8, 4) is 11.5 Å². The number of carbonyl (C=O) groups excluding carboxylic acids is 1. The van der Waals surface area contributed by atoms with Crippen molar-refractivity contribution < 1.29 is 45.4 Å². The number of carbonyl (C=O) groups is 1. The number of amides is 1.